The van der Waals surface area contributed by atoms with E-state index in [1.807, 2.05) is 19.9 Å². The number of nitrogens with one attached hydrogen (secondary N) is 1. The number of hydrogen-bond donors (Lipinski definition) is 1. The number of aryl methyl sites for hydroxylation is 2. The second-order valence-electron chi connectivity index (χ2n) is 7.13. The SMILES string of the molecule is CCN1CCN(CCNC(=O)CN2C(=O)CSc3nc(C)cc(C)c32)CC1. The lowest BCUT2D eigenvalue weighted by atomic mass is 10.2. The Hall–Kier alpha value is -1.64. The van der Waals surface area contributed by atoms with Crippen LogP contribution < -0.4 is 10.2 Å². The van der Waals surface area contributed by atoms with Crippen LogP contribution in [-0.4, -0.2) is 84.7 Å². The molecule has 0 radical (unpaired) electrons. The zero-order valence-corrected chi connectivity index (χ0v) is 17.3. The van der Waals surface area contributed by atoms with E-state index in [0.717, 1.165) is 61.2 Å². The van der Waals surface area contributed by atoms with Gasteiger partial charge in [0.2, 0.25) is 11.8 Å². The van der Waals surface area contributed by atoms with Crippen LogP contribution in [0, 0.1) is 13.8 Å². The van der Waals surface area contributed by atoms with Gasteiger partial charge in [-0.25, -0.2) is 4.98 Å². The van der Waals surface area contributed by atoms with Crippen LogP contribution in [-0.2, 0) is 9.59 Å². The van der Waals surface area contributed by atoms with Gasteiger partial charge >= 0.3 is 0 Å². The van der Waals surface area contributed by atoms with Crippen molar-refractivity contribution in [1.82, 2.24) is 20.1 Å². The van der Waals surface area contributed by atoms with E-state index in [0.29, 0.717) is 12.3 Å². The number of amides is 2. The first-order valence-electron chi connectivity index (χ1n) is 9.60. The fraction of sp³-hybridized carbons (Fsp3) is 0.632. The molecule has 3 heterocycles. The van der Waals surface area contributed by atoms with E-state index >= 15 is 0 Å². The largest absolute Gasteiger partial charge is 0.353 e. The number of fused-ring (bicyclic) bond motifs is 1. The summed E-state index contributed by atoms with van der Waals surface area (Å²) in [5.74, 6) is 0.179. The van der Waals surface area contributed by atoms with Crippen molar-refractivity contribution < 1.29 is 9.59 Å². The molecule has 1 fully saturated rings. The van der Waals surface area contributed by atoms with E-state index in [1.165, 1.54) is 11.8 Å². The monoisotopic (exact) mass is 391 g/mol. The highest BCUT2D eigenvalue weighted by Crippen LogP contribution is 2.36. The Morgan fingerprint density at radius 1 is 1.22 bits per heavy atom. The normalized spacial score (nSPS) is 18.5. The second kappa shape index (κ2) is 9.03. The molecule has 0 aromatic carbocycles. The number of nitrogens with zero attached hydrogens (tertiary/aromatic N) is 4. The summed E-state index contributed by atoms with van der Waals surface area (Å²) in [6.07, 6.45) is 0. The van der Waals surface area contributed by atoms with E-state index in [4.69, 9.17) is 0 Å². The van der Waals surface area contributed by atoms with Crippen LogP contribution in [0.1, 0.15) is 18.2 Å². The lowest BCUT2D eigenvalue weighted by molar-refractivity contribution is -0.123. The Bertz CT molecular complexity index is 704. The summed E-state index contributed by atoms with van der Waals surface area (Å²) >= 11 is 1.45. The molecule has 2 amide bonds. The Kier molecular flexibility index (Phi) is 6.73. The highest BCUT2D eigenvalue weighted by molar-refractivity contribution is 8.00. The van der Waals surface area contributed by atoms with Crippen LogP contribution in [0.5, 0.6) is 0 Å². The first kappa shape index (κ1) is 20.1. The second-order valence-corrected chi connectivity index (χ2v) is 8.09. The molecule has 0 atom stereocenters. The molecule has 7 nitrogen and oxygen atoms in total. The molecular formula is C19H29N5O2S. The maximum Gasteiger partial charge on any atom is 0.240 e. The molecule has 0 aliphatic carbocycles. The highest BCUT2D eigenvalue weighted by Gasteiger charge is 2.29. The minimum Gasteiger partial charge on any atom is -0.353 e. The van der Waals surface area contributed by atoms with Crippen molar-refractivity contribution in [2.24, 2.45) is 0 Å². The molecular weight excluding hydrogens is 362 g/mol. The zero-order valence-electron chi connectivity index (χ0n) is 16.5. The third-order valence-corrected chi connectivity index (χ3v) is 6.10. The summed E-state index contributed by atoms with van der Waals surface area (Å²) in [7, 11) is 0. The van der Waals surface area contributed by atoms with Gasteiger partial charge in [-0.1, -0.05) is 18.7 Å². The van der Waals surface area contributed by atoms with Gasteiger partial charge in [0, 0.05) is 45.0 Å². The number of hydrogen-bond acceptors (Lipinski definition) is 6. The number of aromatic nitrogens is 1. The Morgan fingerprint density at radius 2 is 1.93 bits per heavy atom. The zero-order chi connectivity index (χ0) is 19.4. The number of likely N-dealkylation sites (N-methyl/N-ethyl adjacent to an activating group) is 1. The number of pyridine rings is 1. The van der Waals surface area contributed by atoms with Crippen LogP contribution in [0.3, 0.4) is 0 Å². The number of rotatable bonds is 6. The van der Waals surface area contributed by atoms with Crippen molar-refractivity contribution >= 4 is 29.3 Å². The first-order valence-corrected chi connectivity index (χ1v) is 10.6. The molecule has 1 aromatic heterocycles. The average Bonchev–Trinajstić information content (AvgIpc) is 2.64. The van der Waals surface area contributed by atoms with E-state index in [2.05, 4.69) is 27.0 Å². The molecule has 0 bridgehead atoms. The predicted molar refractivity (Wildman–Crippen MR) is 108 cm³/mol. The first-order chi connectivity index (χ1) is 13.0. The van der Waals surface area contributed by atoms with Crippen molar-refractivity contribution in [1.29, 1.82) is 0 Å². The third kappa shape index (κ3) is 5.00. The standard InChI is InChI=1S/C19H29N5O2S/c1-4-22-7-9-23(10-8-22)6-5-20-16(25)12-24-17(26)13-27-19-18(24)14(2)11-15(3)21-19/h11H,4-10,12-13H2,1-3H3,(H,20,25). The van der Waals surface area contributed by atoms with Crippen LogP contribution in [0.15, 0.2) is 11.1 Å². The van der Waals surface area contributed by atoms with Crippen LogP contribution in [0.4, 0.5) is 5.69 Å². The van der Waals surface area contributed by atoms with E-state index in [1.54, 1.807) is 4.90 Å². The van der Waals surface area contributed by atoms with Crippen LogP contribution in [0.2, 0.25) is 0 Å². The molecule has 1 saturated heterocycles. The van der Waals surface area contributed by atoms with Gasteiger partial charge < -0.3 is 10.2 Å². The van der Waals surface area contributed by atoms with E-state index < -0.39 is 0 Å². The maximum atomic E-state index is 12.4. The molecule has 0 unspecified atom stereocenters. The Morgan fingerprint density at radius 3 is 2.63 bits per heavy atom. The fourth-order valence-electron chi connectivity index (χ4n) is 3.61. The summed E-state index contributed by atoms with van der Waals surface area (Å²) in [5.41, 5.74) is 2.70. The van der Waals surface area contributed by atoms with Crippen molar-refractivity contribution in [2.75, 3.05) is 63.0 Å². The van der Waals surface area contributed by atoms with Gasteiger partial charge in [0.1, 0.15) is 11.6 Å². The van der Waals surface area contributed by atoms with Gasteiger partial charge in [0.05, 0.1) is 11.4 Å². The highest BCUT2D eigenvalue weighted by atomic mass is 32.2. The van der Waals surface area contributed by atoms with Crippen molar-refractivity contribution in [3.8, 4) is 0 Å². The van der Waals surface area contributed by atoms with Crippen molar-refractivity contribution in [3.05, 3.63) is 17.3 Å². The molecule has 1 N–H and O–H groups in total. The summed E-state index contributed by atoms with van der Waals surface area (Å²) in [5, 5.41) is 3.81. The van der Waals surface area contributed by atoms with Gasteiger partial charge in [0.15, 0.2) is 0 Å². The third-order valence-electron chi connectivity index (χ3n) is 5.15. The average molecular weight is 392 g/mol. The summed E-state index contributed by atoms with van der Waals surface area (Å²) in [4.78, 5) is 35.7. The Labute approximate surface area is 165 Å². The van der Waals surface area contributed by atoms with Crippen LogP contribution in [0.25, 0.3) is 0 Å². The Balaban J connectivity index is 1.52. The summed E-state index contributed by atoms with van der Waals surface area (Å²) < 4.78 is 0. The lowest BCUT2D eigenvalue weighted by Crippen LogP contribution is -2.49. The van der Waals surface area contributed by atoms with Crippen LogP contribution >= 0.6 is 11.8 Å². The minimum absolute atomic E-state index is 0.0351. The van der Waals surface area contributed by atoms with Gasteiger partial charge in [-0.2, -0.15) is 0 Å². The quantitative estimate of drug-likeness (QED) is 0.777. The van der Waals surface area contributed by atoms with Gasteiger partial charge in [-0.15, -0.1) is 0 Å². The molecule has 0 spiro atoms. The number of carbonyl (C=O) groups excluding carboxylic acids is 2. The summed E-state index contributed by atoms with van der Waals surface area (Å²) in [6, 6.07) is 1.96. The smallest absolute Gasteiger partial charge is 0.240 e. The topological polar surface area (TPSA) is 68.8 Å². The fourth-order valence-corrected chi connectivity index (χ4v) is 4.64. The van der Waals surface area contributed by atoms with E-state index in [9.17, 15) is 9.59 Å². The van der Waals surface area contributed by atoms with E-state index in [-0.39, 0.29) is 18.4 Å². The number of thioether (sulfide) groups is 1. The lowest BCUT2D eigenvalue weighted by Gasteiger charge is -2.34. The molecule has 8 heteroatoms. The molecule has 3 rings (SSSR count). The minimum atomic E-state index is -0.117. The van der Waals surface area contributed by atoms with Gasteiger partial charge in [-0.05, 0) is 32.0 Å². The number of carbonyl (C=O) groups is 2. The van der Waals surface area contributed by atoms with Crippen molar-refractivity contribution in [3.63, 3.8) is 0 Å². The maximum absolute atomic E-state index is 12.4. The van der Waals surface area contributed by atoms with Gasteiger partial charge in [-0.3, -0.25) is 19.4 Å². The van der Waals surface area contributed by atoms with Gasteiger partial charge in [0.25, 0.3) is 0 Å². The number of anilines is 1. The van der Waals surface area contributed by atoms with Crippen molar-refractivity contribution in [2.45, 2.75) is 25.8 Å². The molecule has 148 valence electrons. The molecule has 2 aliphatic heterocycles. The molecule has 27 heavy (non-hydrogen) atoms. The molecule has 0 saturated carbocycles. The number of piperazine rings is 1. The molecule has 1 aromatic rings. The summed E-state index contributed by atoms with van der Waals surface area (Å²) in [6.45, 7) is 13.0. The molecule has 2 aliphatic rings. The predicted octanol–water partition coefficient (Wildman–Crippen LogP) is 0.891.